The fourth-order valence-electron chi connectivity index (χ4n) is 2.63. The van der Waals surface area contributed by atoms with Gasteiger partial charge < -0.3 is 5.32 Å². The van der Waals surface area contributed by atoms with Gasteiger partial charge in [0.25, 0.3) is 0 Å². The summed E-state index contributed by atoms with van der Waals surface area (Å²) >= 11 is 0. The first-order valence-corrected chi connectivity index (χ1v) is 8.25. The van der Waals surface area contributed by atoms with Crippen LogP contribution >= 0.6 is 0 Å². The molecule has 1 aromatic heterocycles. The normalized spacial score (nSPS) is 18.2. The second-order valence-corrected chi connectivity index (χ2v) is 6.31. The van der Waals surface area contributed by atoms with Gasteiger partial charge in [-0.2, -0.15) is 5.10 Å². The molecule has 23 heavy (non-hydrogen) atoms. The third kappa shape index (κ3) is 3.99. The number of benzene rings is 1. The van der Waals surface area contributed by atoms with Crippen molar-refractivity contribution in [3.63, 3.8) is 0 Å². The Hall–Kier alpha value is -2.14. The lowest BCUT2D eigenvalue weighted by molar-refractivity contribution is -0.123. The third-order valence-electron chi connectivity index (χ3n) is 4.41. The lowest BCUT2D eigenvalue weighted by Gasteiger charge is -2.27. The fourth-order valence-corrected chi connectivity index (χ4v) is 2.63. The summed E-state index contributed by atoms with van der Waals surface area (Å²) in [5.41, 5.74) is 0.991. The zero-order valence-electron chi connectivity index (χ0n) is 13.6. The van der Waals surface area contributed by atoms with Gasteiger partial charge in [0, 0.05) is 24.5 Å². The highest BCUT2D eigenvalue weighted by molar-refractivity contribution is 5.83. The van der Waals surface area contributed by atoms with Gasteiger partial charge in [-0.1, -0.05) is 30.3 Å². The summed E-state index contributed by atoms with van der Waals surface area (Å²) in [6.07, 6.45) is 5.90. The molecule has 1 amide bonds. The fraction of sp³-hybridized carbons (Fsp3) is 0.444. The number of carbonyl (C=O) groups is 1. The monoisotopic (exact) mass is 312 g/mol. The summed E-state index contributed by atoms with van der Waals surface area (Å²) < 4.78 is 1.92. The van der Waals surface area contributed by atoms with Crippen molar-refractivity contribution < 1.29 is 4.79 Å². The molecule has 122 valence electrons. The van der Waals surface area contributed by atoms with E-state index in [4.69, 9.17) is 0 Å². The number of hydrogen-bond acceptors (Lipinski definition) is 3. The highest BCUT2D eigenvalue weighted by Crippen LogP contribution is 2.22. The van der Waals surface area contributed by atoms with Crippen molar-refractivity contribution in [2.24, 2.45) is 0 Å². The minimum Gasteiger partial charge on any atom is -0.352 e. The zero-order chi connectivity index (χ0) is 16.2. The van der Waals surface area contributed by atoms with Gasteiger partial charge in [0.2, 0.25) is 5.91 Å². The highest BCUT2D eigenvalue weighted by atomic mass is 16.2. The van der Waals surface area contributed by atoms with Crippen molar-refractivity contribution >= 4 is 5.91 Å². The summed E-state index contributed by atoms with van der Waals surface area (Å²) in [5.74, 6) is 0.0539. The van der Waals surface area contributed by atoms with Crippen LogP contribution in [0.3, 0.4) is 0 Å². The van der Waals surface area contributed by atoms with E-state index in [0.29, 0.717) is 6.04 Å². The van der Waals surface area contributed by atoms with Crippen LogP contribution in [0, 0.1) is 0 Å². The van der Waals surface area contributed by atoms with Gasteiger partial charge in [0.15, 0.2) is 0 Å². The lowest BCUT2D eigenvalue weighted by atomic mass is 10.0. The predicted octanol–water partition coefficient (Wildman–Crippen LogP) is 2.44. The van der Waals surface area contributed by atoms with E-state index in [-0.39, 0.29) is 24.0 Å². The van der Waals surface area contributed by atoms with E-state index in [9.17, 15) is 4.79 Å². The Morgan fingerprint density at radius 2 is 1.96 bits per heavy atom. The van der Waals surface area contributed by atoms with Crippen molar-refractivity contribution in [2.45, 2.75) is 50.9 Å². The molecule has 0 radical (unpaired) electrons. The topological polar surface area (TPSA) is 59.0 Å². The summed E-state index contributed by atoms with van der Waals surface area (Å²) in [5, 5.41) is 10.9. The standard InChI is InChI=1S/C18H24N4O/c1-13(14(2)22-12-6-11-19-22)20-17(15-7-4-3-5-8-15)18(23)21-16-9-10-16/h3-8,11-14,16-17,20H,9-10H2,1-2H3,(H,21,23)/t13-,14-,17+/m0/s1. The zero-order valence-corrected chi connectivity index (χ0v) is 13.6. The number of aromatic nitrogens is 2. The van der Waals surface area contributed by atoms with Gasteiger partial charge in [-0.3, -0.25) is 14.8 Å². The average Bonchev–Trinajstić information content (AvgIpc) is 3.21. The molecule has 3 atom stereocenters. The SMILES string of the molecule is C[C@H](N[C@@H](C(=O)NC1CC1)c1ccccc1)[C@H](C)n1cccn1. The first kappa shape index (κ1) is 15.7. The summed E-state index contributed by atoms with van der Waals surface area (Å²) in [6, 6.07) is 12.1. The van der Waals surface area contributed by atoms with Gasteiger partial charge in [-0.05, 0) is 38.3 Å². The molecule has 0 saturated heterocycles. The van der Waals surface area contributed by atoms with Gasteiger partial charge in [0.1, 0.15) is 6.04 Å². The van der Waals surface area contributed by atoms with E-state index in [1.807, 2.05) is 47.3 Å². The number of carbonyl (C=O) groups excluding carboxylic acids is 1. The molecule has 0 bridgehead atoms. The summed E-state index contributed by atoms with van der Waals surface area (Å²) in [4.78, 5) is 12.6. The molecule has 5 heteroatoms. The Kier molecular flexibility index (Phi) is 4.76. The number of amides is 1. The van der Waals surface area contributed by atoms with Crippen molar-refractivity contribution in [2.75, 3.05) is 0 Å². The molecular weight excluding hydrogens is 288 g/mol. The second kappa shape index (κ2) is 6.96. The van der Waals surface area contributed by atoms with Crippen LogP contribution in [0.5, 0.6) is 0 Å². The largest absolute Gasteiger partial charge is 0.352 e. The Balaban J connectivity index is 1.73. The third-order valence-corrected chi connectivity index (χ3v) is 4.41. The maximum atomic E-state index is 12.6. The Labute approximate surface area is 137 Å². The number of hydrogen-bond donors (Lipinski definition) is 2. The quantitative estimate of drug-likeness (QED) is 0.825. The molecule has 1 aliphatic carbocycles. The van der Waals surface area contributed by atoms with E-state index >= 15 is 0 Å². The average molecular weight is 312 g/mol. The Morgan fingerprint density at radius 1 is 1.22 bits per heavy atom. The molecule has 1 fully saturated rings. The molecule has 2 aromatic rings. The molecule has 5 nitrogen and oxygen atoms in total. The second-order valence-electron chi connectivity index (χ2n) is 6.31. The Bertz CT molecular complexity index is 622. The van der Waals surface area contributed by atoms with E-state index in [0.717, 1.165) is 18.4 Å². The van der Waals surface area contributed by atoms with Crippen LogP contribution in [-0.2, 0) is 4.79 Å². The van der Waals surface area contributed by atoms with Crippen LogP contribution in [-0.4, -0.2) is 27.8 Å². The van der Waals surface area contributed by atoms with Crippen molar-refractivity contribution in [1.29, 1.82) is 0 Å². The summed E-state index contributed by atoms with van der Waals surface area (Å²) in [7, 11) is 0. The molecule has 0 spiro atoms. The van der Waals surface area contributed by atoms with E-state index < -0.39 is 0 Å². The number of nitrogens with one attached hydrogen (secondary N) is 2. The minimum atomic E-state index is -0.343. The molecule has 0 unspecified atom stereocenters. The van der Waals surface area contributed by atoms with Crippen molar-refractivity contribution in [3.8, 4) is 0 Å². The molecule has 1 aromatic carbocycles. The van der Waals surface area contributed by atoms with Crippen LogP contribution in [0.15, 0.2) is 48.8 Å². The molecular formula is C18H24N4O. The van der Waals surface area contributed by atoms with E-state index in [1.165, 1.54) is 0 Å². The van der Waals surface area contributed by atoms with Crippen LogP contribution in [0.4, 0.5) is 0 Å². The lowest BCUT2D eigenvalue weighted by Crippen LogP contribution is -2.44. The van der Waals surface area contributed by atoms with Crippen LogP contribution in [0.25, 0.3) is 0 Å². The van der Waals surface area contributed by atoms with Crippen LogP contribution in [0.1, 0.15) is 44.3 Å². The van der Waals surface area contributed by atoms with Crippen molar-refractivity contribution in [3.05, 3.63) is 54.4 Å². The highest BCUT2D eigenvalue weighted by Gasteiger charge is 2.30. The van der Waals surface area contributed by atoms with Gasteiger partial charge in [-0.15, -0.1) is 0 Å². The van der Waals surface area contributed by atoms with Crippen LogP contribution in [0.2, 0.25) is 0 Å². The van der Waals surface area contributed by atoms with E-state index in [2.05, 4.69) is 29.6 Å². The maximum absolute atomic E-state index is 12.6. The predicted molar refractivity (Wildman–Crippen MR) is 89.9 cm³/mol. The molecule has 0 aliphatic heterocycles. The van der Waals surface area contributed by atoms with Gasteiger partial charge >= 0.3 is 0 Å². The van der Waals surface area contributed by atoms with Gasteiger partial charge in [-0.25, -0.2) is 0 Å². The molecule has 1 aliphatic rings. The number of nitrogens with zero attached hydrogens (tertiary/aromatic N) is 2. The maximum Gasteiger partial charge on any atom is 0.241 e. The number of rotatable bonds is 7. The first-order valence-electron chi connectivity index (χ1n) is 8.25. The Morgan fingerprint density at radius 3 is 2.57 bits per heavy atom. The van der Waals surface area contributed by atoms with E-state index in [1.54, 1.807) is 6.20 Å². The van der Waals surface area contributed by atoms with Crippen LogP contribution < -0.4 is 10.6 Å². The summed E-state index contributed by atoms with van der Waals surface area (Å²) in [6.45, 7) is 4.19. The molecule has 1 saturated carbocycles. The smallest absolute Gasteiger partial charge is 0.241 e. The molecule has 3 rings (SSSR count). The van der Waals surface area contributed by atoms with Crippen molar-refractivity contribution in [1.82, 2.24) is 20.4 Å². The first-order chi connectivity index (χ1) is 11.1. The molecule has 2 N–H and O–H groups in total. The molecule has 1 heterocycles. The van der Waals surface area contributed by atoms with Gasteiger partial charge in [0.05, 0.1) is 6.04 Å². The minimum absolute atomic E-state index is 0.0539.